The van der Waals surface area contributed by atoms with Gasteiger partial charge in [-0.15, -0.1) is 0 Å². The highest BCUT2D eigenvalue weighted by Crippen LogP contribution is 2.09. The Labute approximate surface area is 87.7 Å². The zero-order valence-corrected chi connectivity index (χ0v) is 9.13. The van der Waals surface area contributed by atoms with Crippen molar-refractivity contribution in [2.45, 2.75) is 6.54 Å². The Balaban J connectivity index is 1.86. The molecule has 78 valence electrons. The van der Waals surface area contributed by atoms with Gasteiger partial charge >= 0.3 is 0 Å². The summed E-state index contributed by atoms with van der Waals surface area (Å²) >= 11 is 1.27. The molecule has 0 radical (unpaired) electrons. The maximum atomic E-state index is 5.52. The van der Waals surface area contributed by atoms with E-state index >= 15 is 0 Å². The van der Waals surface area contributed by atoms with Gasteiger partial charge in [-0.25, -0.2) is 4.98 Å². The molecule has 5 nitrogen and oxygen atoms in total. The van der Waals surface area contributed by atoms with Crippen LogP contribution in [0.2, 0.25) is 0 Å². The number of piperazine rings is 1. The maximum absolute atomic E-state index is 5.52. The molecular formula is C8H15N5S. The third kappa shape index (κ3) is 2.40. The van der Waals surface area contributed by atoms with Gasteiger partial charge in [0.1, 0.15) is 0 Å². The Hall–Kier alpha value is -0.720. The number of hydrogen-bond donors (Lipinski definition) is 1. The Kier molecular flexibility index (Phi) is 2.95. The number of hydrogen-bond acceptors (Lipinski definition) is 6. The van der Waals surface area contributed by atoms with Crippen LogP contribution in [0.5, 0.6) is 0 Å². The van der Waals surface area contributed by atoms with E-state index in [1.54, 1.807) is 0 Å². The highest BCUT2D eigenvalue weighted by molar-refractivity contribution is 7.09. The molecule has 0 amide bonds. The average molecular weight is 213 g/mol. The monoisotopic (exact) mass is 213 g/mol. The number of nitrogen functional groups attached to an aromatic ring is 1. The smallest absolute Gasteiger partial charge is 0.199 e. The Morgan fingerprint density at radius 1 is 1.36 bits per heavy atom. The van der Waals surface area contributed by atoms with E-state index in [4.69, 9.17) is 5.73 Å². The number of nitrogens with two attached hydrogens (primary N) is 1. The van der Waals surface area contributed by atoms with Gasteiger partial charge in [-0.2, -0.15) is 4.37 Å². The summed E-state index contributed by atoms with van der Waals surface area (Å²) in [4.78, 5) is 8.85. The van der Waals surface area contributed by atoms with Crippen molar-refractivity contribution in [1.82, 2.24) is 19.2 Å². The summed E-state index contributed by atoms with van der Waals surface area (Å²) in [6.07, 6.45) is 0. The highest BCUT2D eigenvalue weighted by Gasteiger charge is 2.15. The first-order chi connectivity index (χ1) is 6.74. The Bertz CT molecular complexity index is 292. The normalized spacial score (nSPS) is 20.1. The van der Waals surface area contributed by atoms with Crippen LogP contribution in [-0.4, -0.2) is 52.4 Å². The second-order valence-electron chi connectivity index (χ2n) is 3.63. The number of aromatic nitrogens is 2. The first kappa shape index (κ1) is 9.82. The molecule has 1 aromatic rings. The summed E-state index contributed by atoms with van der Waals surface area (Å²) in [5.74, 6) is 0.858. The summed E-state index contributed by atoms with van der Waals surface area (Å²) in [5.41, 5.74) is 5.52. The average Bonchev–Trinajstić information content (AvgIpc) is 2.56. The molecule has 0 aromatic carbocycles. The SMILES string of the molecule is CN1CCN(Cc2nsc(N)n2)CC1. The molecule has 0 bridgehead atoms. The van der Waals surface area contributed by atoms with Gasteiger partial charge in [-0.05, 0) is 7.05 Å². The number of rotatable bonds is 2. The summed E-state index contributed by atoms with van der Waals surface area (Å²) in [6.45, 7) is 5.27. The molecule has 1 aliphatic heterocycles. The predicted octanol–water partition coefficient (Wildman–Crippen LogP) is -0.132. The van der Waals surface area contributed by atoms with Crippen molar-refractivity contribution in [2.24, 2.45) is 0 Å². The van der Waals surface area contributed by atoms with Gasteiger partial charge < -0.3 is 10.6 Å². The van der Waals surface area contributed by atoms with E-state index in [1.807, 2.05) is 0 Å². The van der Waals surface area contributed by atoms with Crippen molar-refractivity contribution < 1.29 is 0 Å². The van der Waals surface area contributed by atoms with E-state index in [0.29, 0.717) is 5.13 Å². The van der Waals surface area contributed by atoms with E-state index in [0.717, 1.165) is 38.5 Å². The Morgan fingerprint density at radius 2 is 2.07 bits per heavy atom. The lowest BCUT2D eigenvalue weighted by atomic mass is 10.3. The summed E-state index contributed by atoms with van der Waals surface area (Å²) in [6, 6.07) is 0. The van der Waals surface area contributed by atoms with Crippen LogP contribution in [0, 0.1) is 0 Å². The van der Waals surface area contributed by atoms with Crippen molar-refractivity contribution in [3.05, 3.63) is 5.82 Å². The van der Waals surface area contributed by atoms with Gasteiger partial charge in [0.05, 0.1) is 6.54 Å². The number of likely N-dealkylation sites (N-methyl/N-ethyl adjacent to an activating group) is 1. The van der Waals surface area contributed by atoms with Crippen LogP contribution in [0.1, 0.15) is 5.82 Å². The molecule has 14 heavy (non-hydrogen) atoms. The lowest BCUT2D eigenvalue weighted by Gasteiger charge is -2.31. The zero-order valence-electron chi connectivity index (χ0n) is 8.31. The molecule has 2 N–H and O–H groups in total. The lowest BCUT2D eigenvalue weighted by Crippen LogP contribution is -2.44. The molecular weight excluding hydrogens is 198 g/mol. The van der Waals surface area contributed by atoms with E-state index < -0.39 is 0 Å². The van der Waals surface area contributed by atoms with Gasteiger partial charge in [0.2, 0.25) is 0 Å². The van der Waals surface area contributed by atoms with Crippen LogP contribution in [0.4, 0.5) is 5.13 Å². The van der Waals surface area contributed by atoms with Gasteiger partial charge in [0.25, 0.3) is 0 Å². The molecule has 1 aliphatic rings. The standard InChI is InChI=1S/C8H15N5S/c1-12-2-4-13(5-3-12)6-7-10-8(9)14-11-7/h2-6H2,1H3,(H2,9,10,11). The molecule has 2 heterocycles. The molecule has 0 aliphatic carbocycles. The fraction of sp³-hybridized carbons (Fsp3) is 0.750. The number of nitrogens with zero attached hydrogens (tertiary/aromatic N) is 4. The van der Waals surface area contributed by atoms with Crippen molar-refractivity contribution >= 4 is 16.7 Å². The minimum atomic E-state index is 0.564. The van der Waals surface area contributed by atoms with Gasteiger partial charge in [-0.1, -0.05) is 0 Å². The topological polar surface area (TPSA) is 58.3 Å². The highest BCUT2D eigenvalue weighted by atomic mass is 32.1. The molecule has 0 saturated carbocycles. The van der Waals surface area contributed by atoms with Crippen molar-refractivity contribution in [1.29, 1.82) is 0 Å². The maximum Gasteiger partial charge on any atom is 0.199 e. The zero-order chi connectivity index (χ0) is 9.97. The van der Waals surface area contributed by atoms with Crippen molar-refractivity contribution in [3.8, 4) is 0 Å². The number of anilines is 1. The third-order valence-electron chi connectivity index (χ3n) is 2.44. The van der Waals surface area contributed by atoms with Gasteiger partial charge in [0, 0.05) is 37.7 Å². The van der Waals surface area contributed by atoms with Crippen molar-refractivity contribution in [3.63, 3.8) is 0 Å². The molecule has 0 unspecified atom stereocenters. The lowest BCUT2D eigenvalue weighted by molar-refractivity contribution is 0.146. The molecule has 0 atom stereocenters. The van der Waals surface area contributed by atoms with Crippen LogP contribution >= 0.6 is 11.5 Å². The molecule has 2 rings (SSSR count). The fourth-order valence-corrected chi connectivity index (χ4v) is 1.98. The van der Waals surface area contributed by atoms with Crippen LogP contribution in [0.3, 0.4) is 0 Å². The second-order valence-corrected chi connectivity index (χ2v) is 4.41. The van der Waals surface area contributed by atoms with E-state index in [1.165, 1.54) is 11.5 Å². The van der Waals surface area contributed by atoms with Crippen molar-refractivity contribution in [2.75, 3.05) is 39.0 Å². The summed E-state index contributed by atoms with van der Waals surface area (Å²) in [7, 11) is 2.15. The quantitative estimate of drug-likeness (QED) is 0.741. The second kappa shape index (κ2) is 4.20. The van der Waals surface area contributed by atoms with Gasteiger partial charge in [0.15, 0.2) is 11.0 Å². The molecule has 6 heteroatoms. The minimum absolute atomic E-state index is 0.564. The third-order valence-corrected chi connectivity index (χ3v) is 3.03. The van der Waals surface area contributed by atoms with Crippen LogP contribution in [0.25, 0.3) is 0 Å². The van der Waals surface area contributed by atoms with Crippen LogP contribution in [0.15, 0.2) is 0 Å². The molecule has 0 spiro atoms. The summed E-state index contributed by atoms with van der Waals surface area (Å²) < 4.78 is 4.18. The summed E-state index contributed by atoms with van der Waals surface area (Å²) in [5, 5.41) is 0.564. The Morgan fingerprint density at radius 3 is 2.64 bits per heavy atom. The molecule has 1 aromatic heterocycles. The predicted molar refractivity (Wildman–Crippen MR) is 57.1 cm³/mol. The first-order valence-corrected chi connectivity index (χ1v) is 5.50. The largest absolute Gasteiger partial charge is 0.374 e. The molecule has 1 fully saturated rings. The van der Waals surface area contributed by atoms with Crippen LogP contribution in [-0.2, 0) is 6.54 Å². The van der Waals surface area contributed by atoms with E-state index in [2.05, 4.69) is 26.2 Å². The minimum Gasteiger partial charge on any atom is -0.374 e. The van der Waals surface area contributed by atoms with Gasteiger partial charge in [-0.3, -0.25) is 4.90 Å². The van der Waals surface area contributed by atoms with E-state index in [-0.39, 0.29) is 0 Å². The van der Waals surface area contributed by atoms with E-state index in [9.17, 15) is 0 Å². The molecule has 1 saturated heterocycles. The first-order valence-electron chi connectivity index (χ1n) is 4.73. The van der Waals surface area contributed by atoms with Crippen LogP contribution < -0.4 is 5.73 Å². The fourth-order valence-electron chi connectivity index (χ4n) is 1.54.